The van der Waals surface area contributed by atoms with Crippen molar-refractivity contribution >= 4 is 29.1 Å². The van der Waals surface area contributed by atoms with Gasteiger partial charge in [-0.1, -0.05) is 34.4 Å². The van der Waals surface area contributed by atoms with Gasteiger partial charge in [-0.25, -0.2) is 0 Å². The van der Waals surface area contributed by atoms with Crippen molar-refractivity contribution in [2.24, 2.45) is 0 Å². The summed E-state index contributed by atoms with van der Waals surface area (Å²) >= 11 is 12.2. The Labute approximate surface area is 131 Å². The molecule has 0 bridgehead atoms. The Morgan fingerprint density at radius 3 is 2.71 bits per heavy atom. The van der Waals surface area contributed by atoms with E-state index in [1.807, 2.05) is 18.2 Å². The van der Waals surface area contributed by atoms with E-state index in [1.54, 1.807) is 18.4 Å². The normalized spacial score (nSPS) is 11.0. The molecule has 2 N–H and O–H groups in total. The number of rotatable bonds is 4. The molecule has 0 amide bonds. The van der Waals surface area contributed by atoms with Crippen LogP contribution in [-0.4, -0.2) is 5.16 Å². The fraction of sp³-hybridized carbons (Fsp3) is 0.133. The first-order chi connectivity index (χ1) is 10.1. The number of nitrogens with two attached hydrogens (primary N) is 1. The molecule has 1 aromatic carbocycles. The van der Waals surface area contributed by atoms with Gasteiger partial charge in [0.05, 0.1) is 22.5 Å². The highest BCUT2D eigenvalue weighted by Gasteiger charge is 2.18. The third-order valence-electron chi connectivity index (χ3n) is 3.18. The van der Waals surface area contributed by atoms with Crippen molar-refractivity contribution in [1.82, 2.24) is 5.16 Å². The first-order valence-corrected chi connectivity index (χ1v) is 7.12. The minimum absolute atomic E-state index is 0.244. The van der Waals surface area contributed by atoms with Crippen LogP contribution in [0.2, 0.25) is 10.0 Å². The van der Waals surface area contributed by atoms with Gasteiger partial charge in [-0.3, -0.25) is 0 Å². The molecular weight excluding hydrogens is 311 g/mol. The highest BCUT2D eigenvalue weighted by Crippen LogP contribution is 2.36. The SMILES string of the molecule is Nc1onc(CCc2ccco2)c1-c1ccc(Cl)cc1Cl. The van der Waals surface area contributed by atoms with E-state index in [4.69, 9.17) is 37.9 Å². The lowest BCUT2D eigenvalue weighted by Crippen LogP contribution is -1.94. The summed E-state index contributed by atoms with van der Waals surface area (Å²) in [6, 6.07) is 9.00. The Kier molecular flexibility index (Phi) is 3.90. The lowest BCUT2D eigenvalue weighted by molar-refractivity contribution is 0.425. The predicted octanol–water partition coefficient (Wildman–Crippen LogP) is 4.61. The monoisotopic (exact) mass is 322 g/mol. The molecular formula is C15H12Cl2N2O2. The molecule has 0 saturated carbocycles. The highest BCUT2D eigenvalue weighted by atomic mass is 35.5. The Bertz CT molecular complexity index is 751. The zero-order chi connectivity index (χ0) is 14.8. The first kappa shape index (κ1) is 14.0. The molecule has 2 aromatic heterocycles. The second-order valence-electron chi connectivity index (χ2n) is 4.57. The van der Waals surface area contributed by atoms with Crippen LogP contribution in [0, 0.1) is 0 Å². The number of aromatic nitrogens is 1. The Hall–Kier alpha value is -1.91. The molecule has 0 unspecified atom stereocenters. The van der Waals surface area contributed by atoms with Crippen molar-refractivity contribution in [2.75, 3.05) is 5.73 Å². The summed E-state index contributed by atoms with van der Waals surface area (Å²) in [5, 5.41) is 5.10. The van der Waals surface area contributed by atoms with Crippen LogP contribution in [-0.2, 0) is 12.8 Å². The van der Waals surface area contributed by atoms with Crippen molar-refractivity contribution in [2.45, 2.75) is 12.8 Å². The van der Waals surface area contributed by atoms with Gasteiger partial charge in [0.1, 0.15) is 5.76 Å². The number of benzene rings is 1. The maximum Gasteiger partial charge on any atom is 0.230 e. The summed E-state index contributed by atoms with van der Waals surface area (Å²) in [5.41, 5.74) is 8.10. The van der Waals surface area contributed by atoms with E-state index < -0.39 is 0 Å². The Balaban J connectivity index is 1.93. The largest absolute Gasteiger partial charge is 0.469 e. The quantitative estimate of drug-likeness (QED) is 0.761. The molecule has 4 nitrogen and oxygen atoms in total. The van der Waals surface area contributed by atoms with E-state index >= 15 is 0 Å². The maximum absolute atomic E-state index is 6.24. The fourth-order valence-corrected chi connectivity index (χ4v) is 2.69. The summed E-state index contributed by atoms with van der Waals surface area (Å²) in [6.45, 7) is 0. The van der Waals surface area contributed by atoms with Gasteiger partial charge in [0.25, 0.3) is 0 Å². The number of hydrogen-bond acceptors (Lipinski definition) is 4. The molecule has 0 aliphatic heterocycles. The third-order valence-corrected chi connectivity index (χ3v) is 3.73. The molecule has 0 atom stereocenters. The minimum Gasteiger partial charge on any atom is -0.469 e. The summed E-state index contributed by atoms with van der Waals surface area (Å²) < 4.78 is 10.4. The van der Waals surface area contributed by atoms with Crippen molar-refractivity contribution in [3.05, 3.63) is 58.1 Å². The summed E-state index contributed by atoms with van der Waals surface area (Å²) in [7, 11) is 0. The zero-order valence-corrected chi connectivity index (χ0v) is 12.5. The smallest absolute Gasteiger partial charge is 0.230 e. The van der Waals surface area contributed by atoms with E-state index in [0.29, 0.717) is 28.5 Å². The average molecular weight is 323 g/mol. The van der Waals surface area contributed by atoms with E-state index in [2.05, 4.69) is 5.16 Å². The standard InChI is InChI=1S/C15H12Cl2N2O2/c16-9-3-5-11(12(17)8-9)14-13(19-21-15(14)18)6-4-10-2-1-7-20-10/h1-3,5,7-8H,4,6,18H2. The number of nitrogens with zero attached hydrogens (tertiary/aromatic N) is 1. The topological polar surface area (TPSA) is 65.2 Å². The van der Waals surface area contributed by atoms with Crippen molar-refractivity contribution in [3.8, 4) is 11.1 Å². The number of nitrogen functional groups attached to an aromatic ring is 1. The second kappa shape index (κ2) is 5.84. The lowest BCUT2D eigenvalue weighted by Gasteiger charge is -2.05. The average Bonchev–Trinajstić information content (AvgIpc) is 3.07. The number of anilines is 1. The molecule has 2 heterocycles. The van der Waals surface area contributed by atoms with Crippen molar-refractivity contribution in [3.63, 3.8) is 0 Å². The van der Waals surface area contributed by atoms with Crippen LogP contribution >= 0.6 is 23.2 Å². The van der Waals surface area contributed by atoms with E-state index in [-0.39, 0.29) is 5.88 Å². The molecule has 3 aromatic rings. The van der Waals surface area contributed by atoms with Gasteiger partial charge >= 0.3 is 0 Å². The summed E-state index contributed by atoms with van der Waals surface area (Å²) in [6.07, 6.45) is 2.99. The highest BCUT2D eigenvalue weighted by molar-refractivity contribution is 6.36. The fourth-order valence-electron chi connectivity index (χ4n) is 2.19. The van der Waals surface area contributed by atoms with Crippen LogP contribution in [0.4, 0.5) is 5.88 Å². The maximum atomic E-state index is 6.24. The molecule has 0 saturated heterocycles. The van der Waals surface area contributed by atoms with Gasteiger partial charge in [-0.05, 0) is 24.3 Å². The molecule has 0 radical (unpaired) electrons. The molecule has 0 aliphatic carbocycles. The predicted molar refractivity (Wildman–Crippen MR) is 82.5 cm³/mol. The van der Waals surface area contributed by atoms with Gasteiger partial charge in [0, 0.05) is 23.4 Å². The van der Waals surface area contributed by atoms with Crippen LogP contribution in [0.25, 0.3) is 11.1 Å². The van der Waals surface area contributed by atoms with Gasteiger partial charge < -0.3 is 14.7 Å². The molecule has 6 heteroatoms. The number of hydrogen-bond donors (Lipinski definition) is 1. The molecule has 108 valence electrons. The summed E-state index contributed by atoms with van der Waals surface area (Å²) in [5.74, 6) is 1.12. The minimum atomic E-state index is 0.244. The molecule has 21 heavy (non-hydrogen) atoms. The second-order valence-corrected chi connectivity index (χ2v) is 5.42. The molecule has 3 rings (SSSR count). The lowest BCUT2D eigenvalue weighted by atomic mass is 10.0. The van der Waals surface area contributed by atoms with Crippen molar-refractivity contribution < 1.29 is 8.94 Å². The number of aryl methyl sites for hydroxylation is 2. The zero-order valence-electron chi connectivity index (χ0n) is 11.0. The van der Waals surface area contributed by atoms with Crippen LogP contribution < -0.4 is 5.73 Å². The number of furan rings is 1. The van der Waals surface area contributed by atoms with Gasteiger partial charge in [-0.15, -0.1) is 0 Å². The van der Waals surface area contributed by atoms with Crippen molar-refractivity contribution in [1.29, 1.82) is 0 Å². The van der Waals surface area contributed by atoms with Crippen LogP contribution in [0.5, 0.6) is 0 Å². The Morgan fingerprint density at radius 2 is 2.00 bits per heavy atom. The first-order valence-electron chi connectivity index (χ1n) is 6.37. The van der Waals surface area contributed by atoms with Gasteiger partial charge in [0.2, 0.25) is 5.88 Å². The van der Waals surface area contributed by atoms with E-state index in [0.717, 1.165) is 17.0 Å². The van der Waals surface area contributed by atoms with Gasteiger partial charge in [-0.2, -0.15) is 0 Å². The number of halogens is 2. The molecule has 0 spiro atoms. The molecule has 0 fully saturated rings. The third kappa shape index (κ3) is 2.91. The Morgan fingerprint density at radius 1 is 1.14 bits per heavy atom. The van der Waals surface area contributed by atoms with E-state index in [9.17, 15) is 0 Å². The summed E-state index contributed by atoms with van der Waals surface area (Å²) in [4.78, 5) is 0. The van der Waals surface area contributed by atoms with E-state index in [1.165, 1.54) is 0 Å². The van der Waals surface area contributed by atoms with Crippen LogP contribution in [0.1, 0.15) is 11.5 Å². The molecule has 0 aliphatic rings. The van der Waals surface area contributed by atoms with Crippen LogP contribution in [0.3, 0.4) is 0 Å². The van der Waals surface area contributed by atoms with Gasteiger partial charge in [0.15, 0.2) is 0 Å². The van der Waals surface area contributed by atoms with Crippen LogP contribution in [0.15, 0.2) is 45.5 Å².